The van der Waals surface area contributed by atoms with Crippen LogP contribution in [0.1, 0.15) is 74.9 Å². The van der Waals surface area contributed by atoms with Gasteiger partial charge in [0.15, 0.2) is 0 Å². The van der Waals surface area contributed by atoms with Gasteiger partial charge >= 0.3 is 62.6 Å². The molecule has 0 aliphatic heterocycles. The molecule has 0 saturated heterocycles. The van der Waals surface area contributed by atoms with Gasteiger partial charge in [-0.15, -0.1) is 56.9 Å². The average molecular weight is 1140 g/mol. The zero-order chi connectivity index (χ0) is 53.8. The quantitative estimate of drug-likeness (QED) is 0.0936. The van der Waals surface area contributed by atoms with E-state index in [1.54, 1.807) is 72.8 Å². The van der Waals surface area contributed by atoms with Gasteiger partial charge in [-0.05, 0) is 80.6 Å². The van der Waals surface area contributed by atoms with Crippen molar-refractivity contribution in [2.45, 2.75) is 90.2 Å². The molecule has 8 rings (SSSR count). The van der Waals surface area contributed by atoms with Gasteiger partial charge in [0.2, 0.25) is 0 Å². The van der Waals surface area contributed by atoms with E-state index in [0.29, 0.717) is 44.2 Å². The van der Waals surface area contributed by atoms with E-state index in [-0.39, 0.29) is 34.1 Å². The number of rotatable bonds is 4. The van der Waals surface area contributed by atoms with E-state index in [4.69, 9.17) is 17.0 Å². The first kappa shape index (κ1) is 58.3. The number of alkyl halides is 12. The Kier molecular flexibility index (Phi) is 18.5. The summed E-state index contributed by atoms with van der Waals surface area (Å²) in [7, 11) is 11.0. The Morgan fingerprint density at radius 1 is 0.389 bits per heavy atom. The fourth-order valence-electron chi connectivity index (χ4n) is 7.97. The van der Waals surface area contributed by atoms with Crippen molar-refractivity contribution in [1.29, 1.82) is 0 Å². The molecule has 0 saturated carbocycles. The van der Waals surface area contributed by atoms with Gasteiger partial charge in [0.1, 0.15) is 0 Å². The number of fused-ring (bicyclic) bond motifs is 2. The maximum absolute atomic E-state index is 13.6. The molecule has 0 nitrogen and oxygen atoms in total. The minimum atomic E-state index is -4.92. The third-order valence-electron chi connectivity index (χ3n) is 11.4. The van der Waals surface area contributed by atoms with Crippen LogP contribution >= 0.6 is 17.0 Å². The van der Waals surface area contributed by atoms with E-state index >= 15 is 0 Å². The van der Waals surface area contributed by atoms with Crippen molar-refractivity contribution in [2.24, 2.45) is 0 Å². The molecular formula is C56H48Cl2F12SiZr. The predicted molar refractivity (Wildman–Crippen MR) is 267 cm³/mol. The molecule has 16 heteroatoms. The fraction of sp³-hybridized carbons (Fsp3) is 0.250. The third kappa shape index (κ3) is 14.4. The van der Waals surface area contributed by atoms with Crippen LogP contribution in [-0.2, 0) is 56.4 Å². The van der Waals surface area contributed by atoms with Crippen molar-refractivity contribution in [3.63, 3.8) is 0 Å². The molecule has 0 atom stereocenters. The third-order valence-corrected chi connectivity index (χ3v) is 11.4. The summed E-state index contributed by atoms with van der Waals surface area (Å²) in [6, 6.07) is 36.3. The molecule has 0 aromatic heterocycles. The summed E-state index contributed by atoms with van der Waals surface area (Å²) in [5.41, 5.74) is -0.868. The molecule has 8 aromatic rings. The van der Waals surface area contributed by atoms with Crippen LogP contribution in [0.3, 0.4) is 0 Å². The Hall–Kier alpha value is -4.62. The van der Waals surface area contributed by atoms with Gasteiger partial charge in [-0.2, -0.15) is 64.8 Å². The van der Waals surface area contributed by atoms with Crippen molar-refractivity contribution in [1.82, 2.24) is 0 Å². The predicted octanol–water partition coefficient (Wildman–Crippen LogP) is 20.6. The zero-order valence-corrected chi connectivity index (χ0v) is 45.1. The fourth-order valence-corrected chi connectivity index (χ4v) is 7.97. The Morgan fingerprint density at radius 3 is 0.889 bits per heavy atom. The molecular weight excluding hydrogens is 1090 g/mol. The molecule has 0 unspecified atom stereocenters. The zero-order valence-electron chi connectivity index (χ0n) is 40.1. The molecule has 0 spiro atoms. The normalized spacial score (nSPS) is 12.3. The van der Waals surface area contributed by atoms with Gasteiger partial charge < -0.3 is 0 Å². The van der Waals surface area contributed by atoms with Crippen molar-refractivity contribution in [3.8, 4) is 44.5 Å². The monoisotopic (exact) mass is 1140 g/mol. The maximum atomic E-state index is 13.6. The van der Waals surface area contributed by atoms with Crippen LogP contribution in [0.25, 0.3) is 66.1 Å². The topological polar surface area (TPSA) is 0 Å². The first-order chi connectivity index (χ1) is 33.3. The summed E-state index contributed by atoms with van der Waals surface area (Å²) in [5.74, 6) is 0. The van der Waals surface area contributed by atoms with E-state index in [9.17, 15) is 52.7 Å². The van der Waals surface area contributed by atoms with Crippen LogP contribution in [0.4, 0.5) is 52.7 Å². The number of hydrogen-bond donors (Lipinski definition) is 0. The Bertz CT molecular complexity index is 2800. The summed E-state index contributed by atoms with van der Waals surface area (Å²) in [6.45, 7) is 16.3. The summed E-state index contributed by atoms with van der Waals surface area (Å²) >= 11 is -0.826. The first-order valence-electron chi connectivity index (χ1n) is 22.1. The molecule has 8 aromatic carbocycles. The summed E-state index contributed by atoms with van der Waals surface area (Å²) < 4.78 is 163. The Balaban J connectivity index is 0.000000241. The molecule has 0 bridgehead atoms. The number of benzene rings is 6. The van der Waals surface area contributed by atoms with E-state index in [1.807, 2.05) is 77.9 Å². The van der Waals surface area contributed by atoms with Crippen LogP contribution in [0.15, 0.2) is 146 Å². The SMILES string of the molecule is CC(C)(C)c1cc2c(-c3cc(C(F)(F)F)cc(C(F)(F)F)c3)c(-c3ccccc3)ccc2[cH-]1.CC(C)(C)c1cc2c(-c3cc(C(F)(F)F)cc(C(F)(F)F)c3)c(-c3ccccc3)ccc2[cH-]1.C[Si]C.[Cl][Zr+2][Cl]. The summed E-state index contributed by atoms with van der Waals surface area (Å²) in [6.07, 6.45) is -19.7. The van der Waals surface area contributed by atoms with Crippen LogP contribution < -0.4 is 0 Å². The number of halogens is 14. The molecule has 0 amide bonds. The van der Waals surface area contributed by atoms with Crippen molar-refractivity contribution < 1.29 is 73.5 Å². The second-order valence-electron chi connectivity index (χ2n) is 18.9. The molecule has 0 heterocycles. The van der Waals surface area contributed by atoms with Crippen LogP contribution in [0.2, 0.25) is 13.1 Å². The minimum absolute atomic E-state index is 0.118. The van der Waals surface area contributed by atoms with Crippen LogP contribution in [0.5, 0.6) is 0 Å². The van der Waals surface area contributed by atoms with Gasteiger partial charge in [-0.25, -0.2) is 0 Å². The Morgan fingerprint density at radius 2 is 0.653 bits per heavy atom. The molecule has 2 radical (unpaired) electrons. The van der Waals surface area contributed by atoms with E-state index < -0.39 is 67.8 Å². The second kappa shape index (κ2) is 22.9. The molecule has 0 aliphatic rings. The second-order valence-corrected chi connectivity index (χ2v) is 23.6. The van der Waals surface area contributed by atoms with Gasteiger partial charge in [-0.3, -0.25) is 0 Å². The van der Waals surface area contributed by atoms with E-state index in [0.717, 1.165) is 55.7 Å². The first-order valence-corrected chi connectivity index (χ1v) is 30.4. The van der Waals surface area contributed by atoms with Crippen LogP contribution in [-0.4, -0.2) is 9.52 Å². The molecule has 0 N–H and O–H groups in total. The summed E-state index contributed by atoms with van der Waals surface area (Å²) in [5, 5.41) is 2.77. The van der Waals surface area contributed by atoms with E-state index in [2.05, 4.69) is 13.1 Å². The molecule has 72 heavy (non-hydrogen) atoms. The van der Waals surface area contributed by atoms with Gasteiger partial charge in [-0.1, -0.05) is 139 Å². The standard InChI is InChI=1S/2C27H21F6.C2H6Si.2ClH.Zr/c2*1-25(2,3)19-11-17-9-10-22(16-7-5-4-6-8-16)24(23(17)15-19)18-12-20(26(28,29)30)14-21(13-18)27(31,32)33;1-3-2;;;/h2*4-15H,1-3H3;1-2H3;2*1H;/q2*-1;;;;+4/p-2. The van der Waals surface area contributed by atoms with Gasteiger partial charge in [0.05, 0.1) is 22.3 Å². The van der Waals surface area contributed by atoms with Crippen LogP contribution in [0, 0.1) is 0 Å². The number of hydrogen-bond acceptors (Lipinski definition) is 0. The van der Waals surface area contributed by atoms with Crippen molar-refractivity contribution in [3.05, 3.63) is 179 Å². The average Bonchev–Trinajstić information content (AvgIpc) is 3.95. The van der Waals surface area contributed by atoms with Gasteiger partial charge in [0, 0.05) is 9.52 Å². The van der Waals surface area contributed by atoms with Crippen molar-refractivity contribution >= 4 is 48.1 Å². The molecule has 0 fully saturated rings. The van der Waals surface area contributed by atoms with Gasteiger partial charge in [0.25, 0.3) is 0 Å². The Labute approximate surface area is 432 Å². The van der Waals surface area contributed by atoms with Crippen molar-refractivity contribution in [2.75, 3.05) is 0 Å². The molecule has 0 aliphatic carbocycles. The summed E-state index contributed by atoms with van der Waals surface area (Å²) in [4.78, 5) is 0. The van der Waals surface area contributed by atoms with E-state index in [1.165, 1.54) is 0 Å². The molecule has 378 valence electrons.